The minimum atomic E-state index is -4.39. The zero-order chi connectivity index (χ0) is 17.2. The van der Waals surface area contributed by atoms with Crippen molar-refractivity contribution in [3.63, 3.8) is 0 Å². The summed E-state index contributed by atoms with van der Waals surface area (Å²) in [4.78, 5) is 21.7. The molecule has 0 aromatic carbocycles. The average Bonchev–Trinajstić information content (AvgIpc) is 3.03. The summed E-state index contributed by atoms with van der Waals surface area (Å²) >= 11 is 0. The van der Waals surface area contributed by atoms with Gasteiger partial charge in [0.2, 0.25) is 0 Å². The number of carbonyl (C=O) groups is 1. The zero-order valence-electron chi connectivity index (χ0n) is 12.6. The highest BCUT2D eigenvalue weighted by atomic mass is 19.4. The van der Waals surface area contributed by atoms with Crippen LogP contribution in [0.5, 0.6) is 0 Å². The van der Waals surface area contributed by atoms with Gasteiger partial charge in [0.1, 0.15) is 5.82 Å². The van der Waals surface area contributed by atoms with E-state index in [0.717, 1.165) is 12.3 Å². The van der Waals surface area contributed by atoms with Gasteiger partial charge in [-0.1, -0.05) is 0 Å². The molecule has 126 valence electrons. The molecule has 8 heteroatoms. The number of hydrogen-bond acceptors (Lipinski definition) is 4. The molecule has 1 saturated heterocycles. The Labute approximate surface area is 136 Å². The van der Waals surface area contributed by atoms with Gasteiger partial charge in [-0.15, -0.1) is 0 Å². The summed E-state index contributed by atoms with van der Waals surface area (Å²) in [6.07, 6.45) is 0.235. The maximum Gasteiger partial charge on any atom is 0.417 e. The lowest BCUT2D eigenvalue weighted by atomic mass is 10.2. The summed E-state index contributed by atoms with van der Waals surface area (Å²) in [5.74, 6) is 0.285. The summed E-state index contributed by atoms with van der Waals surface area (Å²) in [6.45, 7) is 1.13. The fourth-order valence-corrected chi connectivity index (χ4v) is 2.60. The van der Waals surface area contributed by atoms with Crippen LogP contribution < -0.4 is 10.2 Å². The van der Waals surface area contributed by atoms with Crippen molar-refractivity contribution in [2.75, 3.05) is 18.0 Å². The number of amides is 1. The van der Waals surface area contributed by atoms with Gasteiger partial charge in [0.05, 0.1) is 5.56 Å². The molecule has 0 radical (unpaired) electrons. The Morgan fingerprint density at radius 1 is 1.21 bits per heavy atom. The van der Waals surface area contributed by atoms with Crippen LogP contribution in [-0.4, -0.2) is 35.0 Å². The van der Waals surface area contributed by atoms with Gasteiger partial charge in [-0.25, -0.2) is 4.98 Å². The van der Waals surface area contributed by atoms with E-state index < -0.39 is 11.7 Å². The lowest BCUT2D eigenvalue weighted by molar-refractivity contribution is -0.137. The second-order valence-corrected chi connectivity index (χ2v) is 5.54. The third-order valence-corrected chi connectivity index (χ3v) is 3.87. The summed E-state index contributed by atoms with van der Waals surface area (Å²) < 4.78 is 37.7. The average molecular weight is 336 g/mol. The van der Waals surface area contributed by atoms with Crippen LogP contribution in [0.4, 0.5) is 19.0 Å². The summed E-state index contributed by atoms with van der Waals surface area (Å²) in [6, 6.07) is 5.55. The SMILES string of the molecule is O=C(NC1CCN(c2ccc(C(F)(F)F)cn2)C1)c1ccncc1. The number of pyridine rings is 2. The Morgan fingerprint density at radius 2 is 1.96 bits per heavy atom. The van der Waals surface area contributed by atoms with Crippen molar-refractivity contribution < 1.29 is 18.0 Å². The van der Waals surface area contributed by atoms with E-state index in [1.807, 2.05) is 4.90 Å². The van der Waals surface area contributed by atoms with Crippen LogP contribution in [0.15, 0.2) is 42.9 Å². The van der Waals surface area contributed by atoms with Crippen molar-refractivity contribution >= 4 is 11.7 Å². The Morgan fingerprint density at radius 3 is 2.58 bits per heavy atom. The van der Waals surface area contributed by atoms with Crippen molar-refractivity contribution in [3.05, 3.63) is 54.0 Å². The first-order chi connectivity index (χ1) is 11.4. The molecule has 1 unspecified atom stereocenters. The van der Waals surface area contributed by atoms with Crippen molar-refractivity contribution in [2.24, 2.45) is 0 Å². The van der Waals surface area contributed by atoms with E-state index >= 15 is 0 Å². The molecule has 0 spiro atoms. The molecule has 2 aromatic heterocycles. The number of nitrogens with zero attached hydrogens (tertiary/aromatic N) is 3. The van der Waals surface area contributed by atoms with Gasteiger partial charge >= 0.3 is 6.18 Å². The summed E-state index contributed by atoms with van der Waals surface area (Å²) in [5.41, 5.74) is -0.246. The number of anilines is 1. The van der Waals surface area contributed by atoms with E-state index in [0.29, 0.717) is 30.9 Å². The van der Waals surface area contributed by atoms with Crippen LogP contribution in [-0.2, 0) is 6.18 Å². The molecule has 1 N–H and O–H groups in total. The van der Waals surface area contributed by atoms with E-state index in [9.17, 15) is 18.0 Å². The molecular formula is C16H15F3N4O. The first-order valence-electron chi connectivity index (χ1n) is 7.42. The van der Waals surface area contributed by atoms with Crippen LogP contribution in [0.1, 0.15) is 22.3 Å². The fraction of sp³-hybridized carbons (Fsp3) is 0.312. The smallest absolute Gasteiger partial charge is 0.354 e. The lowest BCUT2D eigenvalue weighted by Gasteiger charge is -2.18. The van der Waals surface area contributed by atoms with Gasteiger partial charge in [-0.05, 0) is 30.7 Å². The number of nitrogens with one attached hydrogen (secondary N) is 1. The van der Waals surface area contributed by atoms with Gasteiger partial charge in [-0.2, -0.15) is 13.2 Å². The molecule has 1 fully saturated rings. The molecule has 24 heavy (non-hydrogen) atoms. The van der Waals surface area contributed by atoms with Crippen LogP contribution in [0, 0.1) is 0 Å². The number of carbonyl (C=O) groups excluding carboxylic acids is 1. The topological polar surface area (TPSA) is 58.1 Å². The molecule has 5 nitrogen and oxygen atoms in total. The number of aromatic nitrogens is 2. The summed E-state index contributed by atoms with van der Waals surface area (Å²) in [5, 5.41) is 2.91. The molecule has 0 saturated carbocycles. The number of halogens is 3. The Hall–Kier alpha value is -2.64. The first kappa shape index (κ1) is 16.2. The highest BCUT2D eigenvalue weighted by Gasteiger charge is 2.31. The van der Waals surface area contributed by atoms with E-state index in [4.69, 9.17) is 0 Å². The molecule has 3 heterocycles. The largest absolute Gasteiger partial charge is 0.417 e. The molecule has 2 aromatic rings. The molecule has 3 rings (SSSR count). The Kier molecular flexibility index (Phi) is 4.37. The van der Waals surface area contributed by atoms with Gasteiger partial charge < -0.3 is 10.2 Å². The van der Waals surface area contributed by atoms with Gasteiger partial charge in [-0.3, -0.25) is 9.78 Å². The van der Waals surface area contributed by atoms with Gasteiger partial charge in [0.15, 0.2) is 0 Å². The molecular weight excluding hydrogens is 321 g/mol. The van der Waals surface area contributed by atoms with E-state index in [1.165, 1.54) is 6.07 Å². The van der Waals surface area contributed by atoms with E-state index in [-0.39, 0.29) is 11.9 Å². The Balaban J connectivity index is 1.60. The van der Waals surface area contributed by atoms with Crippen LogP contribution in [0.3, 0.4) is 0 Å². The van der Waals surface area contributed by atoms with Crippen molar-refractivity contribution in [2.45, 2.75) is 18.6 Å². The fourth-order valence-electron chi connectivity index (χ4n) is 2.60. The highest BCUT2D eigenvalue weighted by molar-refractivity contribution is 5.94. The van der Waals surface area contributed by atoms with Crippen molar-refractivity contribution in [1.82, 2.24) is 15.3 Å². The molecule has 1 amide bonds. The molecule has 0 aliphatic carbocycles. The highest BCUT2D eigenvalue weighted by Crippen LogP contribution is 2.29. The van der Waals surface area contributed by atoms with Crippen molar-refractivity contribution in [3.8, 4) is 0 Å². The third kappa shape index (κ3) is 3.64. The minimum Gasteiger partial charge on any atom is -0.354 e. The van der Waals surface area contributed by atoms with Crippen LogP contribution in [0.25, 0.3) is 0 Å². The quantitative estimate of drug-likeness (QED) is 0.936. The first-order valence-corrected chi connectivity index (χ1v) is 7.42. The van der Waals surface area contributed by atoms with Gasteiger partial charge in [0, 0.05) is 43.3 Å². The molecule has 1 aliphatic rings. The standard InChI is InChI=1S/C16H15F3N4O/c17-16(18,19)12-1-2-14(21-9-12)23-8-5-13(10-23)22-15(24)11-3-6-20-7-4-11/h1-4,6-7,9,13H,5,8,10H2,(H,22,24). The number of hydrogen-bond donors (Lipinski definition) is 1. The minimum absolute atomic E-state index is 0.0743. The summed E-state index contributed by atoms with van der Waals surface area (Å²) in [7, 11) is 0. The second-order valence-electron chi connectivity index (χ2n) is 5.54. The Bertz CT molecular complexity index is 704. The normalized spacial score (nSPS) is 17.8. The van der Waals surface area contributed by atoms with E-state index in [1.54, 1.807) is 24.5 Å². The number of rotatable bonds is 3. The third-order valence-electron chi connectivity index (χ3n) is 3.87. The van der Waals surface area contributed by atoms with Crippen LogP contribution in [0.2, 0.25) is 0 Å². The van der Waals surface area contributed by atoms with Crippen LogP contribution >= 0.6 is 0 Å². The number of alkyl halides is 3. The second kappa shape index (κ2) is 6.46. The predicted octanol–water partition coefficient (Wildman–Crippen LogP) is 2.50. The maximum absolute atomic E-state index is 12.6. The molecule has 1 atom stereocenters. The predicted molar refractivity (Wildman–Crippen MR) is 81.6 cm³/mol. The zero-order valence-corrected chi connectivity index (χ0v) is 12.6. The van der Waals surface area contributed by atoms with E-state index in [2.05, 4.69) is 15.3 Å². The molecule has 0 bridgehead atoms. The lowest BCUT2D eigenvalue weighted by Crippen LogP contribution is -2.37. The monoisotopic (exact) mass is 336 g/mol. The van der Waals surface area contributed by atoms with Crippen molar-refractivity contribution in [1.29, 1.82) is 0 Å². The maximum atomic E-state index is 12.6. The molecule has 1 aliphatic heterocycles. The van der Waals surface area contributed by atoms with Gasteiger partial charge in [0.25, 0.3) is 5.91 Å².